The van der Waals surface area contributed by atoms with Crippen molar-refractivity contribution in [3.8, 4) is 11.1 Å². The largest absolute Gasteiger partial charge is 0.369 e. The van der Waals surface area contributed by atoms with Gasteiger partial charge in [-0.15, -0.1) is 12.4 Å². The Morgan fingerprint density at radius 1 is 1.14 bits per heavy atom. The number of fused-ring (bicyclic) bond motifs is 1. The number of hydrogen-bond acceptors (Lipinski definition) is 4. The fourth-order valence-electron chi connectivity index (χ4n) is 3.08. The Hall–Kier alpha value is -3.19. The molecule has 29 heavy (non-hydrogen) atoms. The number of urea groups is 1. The first-order valence-electron chi connectivity index (χ1n) is 9.15. The first kappa shape index (κ1) is 22.1. The van der Waals surface area contributed by atoms with Gasteiger partial charge in [0.25, 0.3) is 0 Å². The van der Waals surface area contributed by atoms with Gasteiger partial charge in [-0.2, -0.15) is 0 Å². The van der Waals surface area contributed by atoms with Crippen LogP contribution < -0.4 is 16.4 Å². The number of anilines is 1. The minimum Gasteiger partial charge on any atom is -0.369 e. The summed E-state index contributed by atoms with van der Waals surface area (Å²) in [5.74, 6) is -0.175. The van der Waals surface area contributed by atoms with E-state index in [1.807, 2.05) is 44.2 Å². The van der Waals surface area contributed by atoms with Crippen LogP contribution in [0, 0.1) is 5.92 Å². The number of nitrogens with one attached hydrogen (secondary N) is 2. The van der Waals surface area contributed by atoms with Gasteiger partial charge in [0.2, 0.25) is 5.91 Å². The second kappa shape index (κ2) is 9.84. The maximum atomic E-state index is 11.9. The third kappa shape index (κ3) is 5.20. The Balaban J connectivity index is 0.00000300. The number of pyridine rings is 2. The minimum absolute atomic E-state index is 0. The highest BCUT2D eigenvalue weighted by atomic mass is 35.5. The van der Waals surface area contributed by atoms with E-state index in [0.29, 0.717) is 18.8 Å². The van der Waals surface area contributed by atoms with Crippen LogP contribution in [0.5, 0.6) is 0 Å². The zero-order chi connectivity index (χ0) is 20.1. The molecular formula is C21H24ClN5O2. The summed E-state index contributed by atoms with van der Waals surface area (Å²) in [5, 5.41) is 7.29. The Kier molecular flexibility index (Phi) is 7.50. The highest BCUT2D eigenvalue weighted by Crippen LogP contribution is 2.32. The summed E-state index contributed by atoms with van der Waals surface area (Å²) in [6.07, 6.45) is 5.72. The fourth-order valence-corrected chi connectivity index (χ4v) is 3.08. The van der Waals surface area contributed by atoms with Gasteiger partial charge in [-0.1, -0.05) is 19.1 Å². The fraction of sp³-hybridized carbons (Fsp3) is 0.238. The molecule has 0 aliphatic heterocycles. The molecule has 0 bridgehead atoms. The molecule has 0 aliphatic rings. The molecule has 8 heteroatoms. The number of rotatable bonds is 6. The van der Waals surface area contributed by atoms with Crippen LogP contribution in [0.2, 0.25) is 0 Å². The van der Waals surface area contributed by atoms with Gasteiger partial charge in [0.1, 0.15) is 5.82 Å². The van der Waals surface area contributed by atoms with Crippen LogP contribution >= 0.6 is 12.4 Å². The van der Waals surface area contributed by atoms with Gasteiger partial charge >= 0.3 is 6.03 Å². The van der Waals surface area contributed by atoms with E-state index in [9.17, 15) is 9.59 Å². The van der Waals surface area contributed by atoms with Crippen LogP contribution in [0.1, 0.15) is 19.4 Å². The highest BCUT2D eigenvalue weighted by Gasteiger charge is 2.15. The Morgan fingerprint density at radius 3 is 2.52 bits per heavy atom. The quantitative estimate of drug-likeness (QED) is 0.574. The molecule has 2 aromatic heterocycles. The normalized spacial score (nSPS) is 11.4. The lowest BCUT2D eigenvalue weighted by atomic mass is 9.92. The van der Waals surface area contributed by atoms with Crippen molar-refractivity contribution >= 4 is 40.9 Å². The predicted octanol–water partition coefficient (Wildman–Crippen LogP) is 3.52. The van der Waals surface area contributed by atoms with E-state index in [2.05, 4.69) is 20.6 Å². The molecule has 0 saturated heterocycles. The molecule has 0 spiro atoms. The number of aromatic nitrogens is 2. The van der Waals surface area contributed by atoms with Gasteiger partial charge in [-0.05, 0) is 53.6 Å². The number of primary amides is 1. The van der Waals surface area contributed by atoms with Gasteiger partial charge < -0.3 is 11.1 Å². The Labute approximate surface area is 175 Å². The molecule has 0 aliphatic carbocycles. The summed E-state index contributed by atoms with van der Waals surface area (Å²) in [7, 11) is 0. The van der Waals surface area contributed by atoms with Crippen LogP contribution in [0.4, 0.5) is 10.6 Å². The summed E-state index contributed by atoms with van der Waals surface area (Å²) in [5.41, 5.74) is 8.42. The monoisotopic (exact) mass is 413 g/mol. The number of nitrogens with zero attached hydrogens (tertiary/aromatic N) is 2. The zero-order valence-electron chi connectivity index (χ0n) is 16.3. The molecule has 7 nitrogen and oxygen atoms in total. The van der Waals surface area contributed by atoms with Crippen molar-refractivity contribution in [3.05, 3.63) is 54.5 Å². The zero-order valence-corrected chi connectivity index (χ0v) is 17.1. The minimum atomic E-state index is -0.339. The van der Waals surface area contributed by atoms with E-state index >= 15 is 0 Å². The topological polar surface area (TPSA) is 110 Å². The average Bonchev–Trinajstić information content (AvgIpc) is 2.68. The molecule has 1 atom stereocenters. The number of benzene rings is 1. The predicted molar refractivity (Wildman–Crippen MR) is 117 cm³/mol. The molecule has 152 valence electrons. The van der Waals surface area contributed by atoms with Gasteiger partial charge in [0.15, 0.2) is 0 Å². The molecule has 3 amide bonds. The number of carbonyl (C=O) groups is 2. The van der Waals surface area contributed by atoms with Crippen LogP contribution in [-0.2, 0) is 11.2 Å². The maximum Gasteiger partial charge on any atom is 0.320 e. The molecule has 1 aromatic carbocycles. The van der Waals surface area contributed by atoms with Crippen LogP contribution in [0.3, 0.4) is 0 Å². The smallest absolute Gasteiger partial charge is 0.320 e. The number of nitrogens with two attached hydrogens (primary N) is 1. The third-order valence-electron chi connectivity index (χ3n) is 4.57. The third-order valence-corrected chi connectivity index (χ3v) is 4.57. The van der Waals surface area contributed by atoms with E-state index in [0.717, 1.165) is 27.5 Å². The van der Waals surface area contributed by atoms with E-state index in [-0.39, 0.29) is 30.3 Å². The van der Waals surface area contributed by atoms with Crippen molar-refractivity contribution in [1.82, 2.24) is 15.3 Å². The summed E-state index contributed by atoms with van der Waals surface area (Å²) < 4.78 is 0. The average molecular weight is 414 g/mol. The number of hydrogen-bond donors (Lipinski definition) is 3. The Bertz CT molecular complexity index is 1010. The van der Waals surface area contributed by atoms with Gasteiger partial charge in [0.05, 0.1) is 0 Å². The van der Waals surface area contributed by atoms with E-state index in [4.69, 9.17) is 5.73 Å². The summed E-state index contributed by atoms with van der Waals surface area (Å²) in [6.45, 7) is 4.18. The second-order valence-electron chi connectivity index (χ2n) is 6.62. The van der Waals surface area contributed by atoms with E-state index in [1.54, 1.807) is 18.6 Å². The first-order valence-corrected chi connectivity index (χ1v) is 9.15. The first-order chi connectivity index (χ1) is 13.5. The molecule has 1 unspecified atom stereocenters. The lowest BCUT2D eigenvalue weighted by Crippen LogP contribution is -2.28. The van der Waals surface area contributed by atoms with Crippen molar-refractivity contribution in [2.24, 2.45) is 11.7 Å². The maximum absolute atomic E-state index is 11.9. The van der Waals surface area contributed by atoms with Crippen LogP contribution in [0.15, 0.2) is 48.9 Å². The van der Waals surface area contributed by atoms with Gasteiger partial charge in [-0.25, -0.2) is 9.78 Å². The summed E-state index contributed by atoms with van der Waals surface area (Å²) in [4.78, 5) is 31.8. The van der Waals surface area contributed by atoms with Gasteiger partial charge in [-0.3, -0.25) is 15.1 Å². The van der Waals surface area contributed by atoms with Crippen molar-refractivity contribution in [2.45, 2.75) is 20.3 Å². The summed E-state index contributed by atoms with van der Waals surface area (Å²) >= 11 is 0. The molecular weight excluding hydrogens is 390 g/mol. The van der Waals surface area contributed by atoms with Crippen LogP contribution in [-0.4, -0.2) is 28.5 Å². The molecule has 3 rings (SSSR count). The number of carbonyl (C=O) groups excluding carboxylic acids is 2. The van der Waals surface area contributed by atoms with Gasteiger partial charge in [0, 0.05) is 36.4 Å². The summed E-state index contributed by atoms with van der Waals surface area (Å²) in [6, 6.07) is 9.40. The van der Waals surface area contributed by atoms with E-state index < -0.39 is 0 Å². The molecule has 3 aromatic rings. The standard InChI is InChI=1S/C21H23N5O2.ClH/c1-3-24-21(28)26-19-11-17-16(14-6-8-23-9-7-14)5-4-15(18(17)12-25-19)10-13(2)20(22)27;/h4-9,11-13H,3,10H2,1-2H3,(H2,22,27)(H2,24,25,26,28);1H. The lowest BCUT2D eigenvalue weighted by Gasteiger charge is -2.15. The number of amides is 3. The lowest BCUT2D eigenvalue weighted by molar-refractivity contribution is -0.121. The molecule has 2 heterocycles. The van der Waals surface area contributed by atoms with Crippen molar-refractivity contribution < 1.29 is 9.59 Å². The molecule has 0 saturated carbocycles. The SMILES string of the molecule is CCNC(=O)Nc1cc2c(-c3ccncc3)ccc(CC(C)C(N)=O)c2cn1.Cl. The number of halogens is 1. The highest BCUT2D eigenvalue weighted by molar-refractivity contribution is 6.01. The van der Waals surface area contributed by atoms with E-state index in [1.165, 1.54) is 0 Å². The molecule has 0 fully saturated rings. The second-order valence-corrected chi connectivity index (χ2v) is 6.62. The molecule has 4 N–H and O–H groups in total. The van der Waals surface area contributed by atoms with Crippen molar-refractivity contribution in [3.63, 3.8) is 0 Å². The van der Waals surface area contributed by atoms with Crippen molar-refractivity contribution in [2.75, 3.05) is 11.9 Å². The van der Waals surface area contributed by atoms with Crippen LogP contribution in [0.25, 0.3) is 21.9 Å². The Morgan fingerprint density at radius 2 is 1.86 bits per heavy atom. The molecule has 0 radical (unpaired) electrons. The van der Waals surface area contributed by atoms with Crippen molar-refractivity contribution in [1.29, 1.82) is 0 Å².